The summed E-state index contributed by atoms with van der Waals surface area (Å²) in [6, 6.07) is 2.91. The van der Waals surface area contributed by atoms with Gasteiger partial charge in [-0.15, -0.1) is 0 Å². The molecule has 0 bridgehead atoms. The van der Waals surface area contributed by atoms with Gasteiger partial charge in [0.15, 0.2) is 5.65 Å². The number of aromatic amines is 1. The molecule has 2 N–H and O–H groups in total. The van der Waals surface area contributed by atoms with Gasteiger partial charge in [-0.25, -0.2) is 19.3 Å². The van der Waals surface area contributed by atoms with E-state index in [9.17, 15) is 4.79 Å². The summed E-state index contributed by atoms with van der Waals surface area (Å²) < 4.78 is 1.40. The van der Waals surface area contributed by atoms with E-state index in [-0.39, 0.29) is 5.69 Å². The second-order valence-corrected chi connectivity index (χ2v) is 5.32. The Labute approximate surface area is 109 Å². The standard InChI is InChI=1S/C12H16N6O/c19-12-16-15-11-6-10(13-7-18(11)12)14-8-3-5-17-4-1-2-9(8)17/h6-9,14H,1-5H2,(H,16,19). The topological polar surface area (TPSA) is 78.3 Å². The number of nitrogens with one attached hydrogen (secondary N) is 2. The fraction of sp³-hybridized carbons (Fsp3) is 0.583. The van der Waals surface area contributed by atoms with Crippen LogP contribution < -0.4 is 11.0 Å². The van der Waals surface area contributed by atoms with Crippen LogP contribution in [0.2, 0.25) is 0 Å². The highest BCUT2D eigenvalue weighted by Crippen LogP contribution is 2.29. The molecule has 2 aliphatic heterocycles. The normalized spacial score (nSPS) is 26.9. The summed E-state index contributed by atoms with van der Waals surface area (Å²) in [5, 5.41) is 9.86. The fourth-order valence-electron chi connectivity index (χ4n) is 3.33. The Morgan fingerprint density at radius 2 is 2.32 bits per heavy atom. The molecule has 4 rings (SSSR count). The molecule has 0 saturated carbocycles. The lowest BCUT2D eigenvalue weighted by Gasteiger charge is -2.21. The van der Waals surface area contributed by atoms with E-state index in [2.05, 4.69) is 25.4 Å². The third kappa shape index (κ3) is 1.73. The third-order valence-corrected chi connectivity index (χ3v) is 4.25. The SMILES string of the molecule is O=c1[nH]nc2cc(NC3CCN4CCCC34)ncn12. The van der Waals surface area contributed by atoms with Crippen LogP contribution in [0.3, 0.4) is 0 Å². The first-order chi connectivity index (χ1) is 9.31. The van der Waals surface area contributed by atoms with Gasteiger partial charge in [-0.3, -0.25) is 4.90 Å². The van der Waals surface area contributed by atoms with Crippen molar-refractivity contribution in [1.82, 2.24) is 24.5 Å². The molecule has 0 aromatic carbocycles. The van der Waals surface area contributed by atoms with E-state index in [4.69, 9.17) is 0 Å². The number of H-pyrrole nitrogens is 1. The summed E-state index contributed by atoms with van der Waals surface area (Å²) in [5.74, 6) is 0.797. The van der Waals surface area contributed by atoms with Crippen LogP contribution in [0, 0.1) is 0 Å². The predicted octanol–water partition coefficient (Wildman–Crippen LogP) is 0.0662. The Morgan fingerprint density at radius 3 is 3.26 bits per heavy atom. The molecule has 2 aliphatic rings. The molecule has 2 atom stereocenters. The van der Waals surface area contributed by atoms with Gasteiger partial charge < -0.3 is 5.32 Å². The van der Waals surface area contributed by atoms with Gasteiger partial charge in [0.05, 0.1) is 0 Å². The Balaban J connectivity index is 1.59. The van der Waals surface area contributed by atoms with Crippen molar-refractivity contribution in [2.24, 2.45) is 0 Å². The number of nitrogens with zero attached hydrogens (tertiary/aromatic N) is 4. The lowest BCUT2D eigenvalue weighted by atomic mass is 10.1. The predicted molar refractivity (Wildman–Crippen MR) is 70.2 cm³/mol. The molecule has 2 saturated heterocycles. The first-order valence-electron chi connectivity index (χ1n) is 6.75. The quantitative estimate of drug-likeness (QED) is 0.798. The lowest BCUT2D eigenvalue weighted by Crippen LogP contribution is -2.34. The summed E-state index contributed by atoms with van der Waals surface area (Å²) >= 11 is 0. The summed E-state index contributed by atoms with van der Waals surface area (Å²) in [5.41, 5.74) is 0.348. The van der Waals surface area contributed by atoms with E-state index in [1.165, 1.54) is 36.7 Å². The lowest BCUT2D eigenvalue weighted by molar-refractivity contribution is 0.318. The molecule has 2 aromatic rings. The van der Waals surface area contributed by atoms with E-state index >= 15 is 0 Å². The second kappa shape index (κ2) is 4.06. The molecule has 2 unspecified atom stereocenters. The number of fused-ring (bicyclic) bond motifs is 2. The molecule has 7 nitrogen and oxygen atoms in total. The van der Waals surface area contributed by atoms with Crippen molar-refractivity contribution in [3.8, 4) is 0 Å². The third-order valence-electron chi connectivity index (χ3n) is 4.25. The Hall–Kier alpha value is -1.89. The van der Waals surface area contributed by atoms with Crippen LogP contribution in [0.4, 0.5) is 5.82 Å². The molecule has 2 aromatic heterocycles. The monoisotopic (exact) mass is 260 g/mol. The molecule has 2 fully saturated rings. The zero-order valence-corrected chi connectivity index (χ0v) is 10.5. The van der Waals surface area contributed by atoms with Gasteiger partial charge in [-0.05, 0) is 25.8 Å². The van der Waals surface area contributed by atoms with Crippen molar-refractivity contribution in [2.45, 2.75) is 31.3 Å². The van der Waals surface area contributed by atoms with Crippen molar-refractivity contribution in [1.29, 1.82) is 0 Å². The second-order valence-electron chi connectivity index (χ2n) is 5.32. The smallest absolute Gasteiger partial charge is 0.348 e. The van der Waals surface area contributed by atoms with Gasteiger partial charge >= 0.3 is 5.69 Å². The molecular formula is C12H16N6O. The maximum atomic E-state index is 11.4. The maximum Gasteiger partial charge on any atom is 0.348 e. The van der Waals surface area contributed by atoms with Crippen molar-refractivity contribution in [3.63, 3.8) is 0 Å². The van der Waals surface area contributed by atoms with Crippen LogP contribution in [0.15, 0.2) is 17.2 Å². The Kier molecular flexibility index (Phi) is 2.34. The fourth-order valence-corrected chi connectivity index (χ4v) is 3.33. The van der Waals surface area contributed by atoms with Crippen LogP contribution in [0.1, 0.15) is 19.3 Å². The minimum Gasteiger partial charge on any atom is -0.366 e. The molecule has 0 radical (unpaired) electrons. The van der Waals surface area contributed by atoms with E-state index < -0.39 is 0 Å². The first kappa shape index (κ1) is 11.0. The molecule has 19 heavy (non-hydrogen) atoms. The van der Waals surface area contributed by atoms with Gasteiger partial charge in [0, 0.05) is 24.7 Å². The number of hydrogen-bond donors (Lipinski definition) is 2. The average Bonchev–Trinajstić information content (AvgIpc) is 3.08. The van der Waals surface area contributed by atoms with E-state index in [1.54, 1.807) is 0 Å². The van der Waals surface area contributed by atoms with Crippen molar-refractivity contribution in [3.05, 3.63) is 22.9 Å². The largest absolute Gasteiger partial charge is 0.366 e. The van der Waals surface area contributed by atoms with E-state index in [1.807, 2.05) is 6.07 Å². The minimum absolute atomic E-state index is 0.253. The first-order valence-corrected chi connectivity index (χ1v) is 6.75. The molecule has 0 aliphatic carbocycles. The molecule has 4 heterocycles. The summed E-state index contributed by atoms with van der Waals surface area (Å²) in [4.78, 5) is 18.2. The molecule has 100 valence electrons. The Morgan fingerprint density at radius 1 is 1.37 bits per heavy atom. The molecule has 0 amide bonds. The van der Waals surface area contributed by atoms with Crippen LogP contribution in [0.25, 0.3) is 5.65 Å². The van der Waals surface area contributed by atoms with Gasteiger partial charge in [-0.2, -0.15) is 5.10 Å². The van der Waals surface area contributed by atoms with Crippen LogP contribution in [0.5, 0.6) is 0 Å². The van der Waals surface area contributed by atoms with Crippen molar-refractivity contribution < 1.29 is 0 Å². The maximum absolute atomic E-state index is 11.4. The minimum atomic E-state index is -0.253. The van der Waals surface area contributed by atoms with Crippen molar-refractivity contribution in [2.75, 3.05) is 18.4 Å². The number of anilines is 1. The van der Waals surface area contributed by atoms with Crippen LogP contribution in [-0.4, -0.2) is 49.7 Å². The number of hydrogen-bond acceptors (Lipinski definition) is 5. The molecule has 7 heteroatoms. The van der Waals surface area contributed by atoms with Gasteiger partial charge in [0.2, 0.25) is 0 Å². The van der Waals surface area contributed by atoms with Crippen LogP contribution >= 0.6 is 0 Å². The molecular weight excluding hydrogens is 244 g/mol. The zero-order valence-electron chi connectivity index (χ0n) is 10.5. The highest BCUT2D eigenvalue weighted by atomic mass is 16.1. The zero-order chi connectivity index (χ0) is 12.8. The highest BCUT2D eigenvalue weighted by Gasteiger charge is 2.37. The van der Waals surface area contributed by atoms with Gasteiger partial charge in [0.25, 0.3) is 0 Å². The average molecular weight is 260 g/mol. The van der Waals surface area contributed by atoms with E-state index in [0.29, 0.717) is 17.7 Å². The summed E-state index contributed by atoms with van der Waals surface area (Å²) in [6.45, 7) is 2.40. The van der Waals surface area contributed by atoms with E-state index in [0.717, 1.165) is 12.2 Å². The highest BCUT2D eigenvalue weighted by molar-refractivity contribution is 5.49. The van der Waals surface area contributed by atoms with Crippen LogP contribution in [-0.2, 0) is 0 Å². The summed E-state index contributed by atoms with van der Waals surface area (Å²) in [7, 11) is 0. The summed E-state index contributed by atoms with van der Waals surface area (Å²) in [6.07, 6.45) is 5.24. The number of rotatable bonds is 2. The number of aromatic nitrogens is 4. The van der Waals surface area contributed by atoms with Gasteiger partial charge in [-0.1, -0.05) is 0 Å². The Bertz CT molecular complexity index is 662. The molecule has 0 spiro atoms. The van der Waals surface area contributed by atoms with Crippen molar-refractivity contribution >= 4 is 11.5 Å². The van der Waals surface area contributed by atoms with Gasteiger partial charge in [0.1, 0.15) is 12.1 Å².